The minimum absolute atomic E-state index is 0.574. The lowest BCUT2D eigenvalue weighted by Gasteiger charge is -2.14. The molecule has 0 bridgehead atoms. The van der Waals surface area contributed by atoms with Crippen molar-refractivity contribution < 1.29 is 28.9 Å². The topological polar surface area (TPSA) is 128 Å². The van der Waals surface area contributed by atoms with Gasteiger partial charge in [-0.05, 0) is 40.1 Å². The van der Waals surface area contributed by atoms with Crippen LogP contribution >= 0.6 is 15.9 Å². The molecule has 0 aliphatic carbocycles. The molecule has 0 aliphatic rings. The molecule has 0 atom stereocenters. The number of benzene rings is 4. The van der Waals surface area contributed by atoms with Gasteiger partial charge in [0.25, 0.3) is 0 Å². The third-order valence-corrected chi connectivity index (χ3v) is 5.36. The van der Waals surface area contributed by atoms with Crippen molar-refractivity contribution in [3.05, 3.63) is 83.3 Å². The van der Waals surface area contributed by atoms with Crippen LogP contribution < -0.4 is 19.7 Å². The van der Waals surface area contributed by atoms with Gasteiger partial charge in [0, 0.05) is 20.6 Å². The van der Waals surface area contributed by atoms with Crippen LogP contribution in [0.1, 0.15) is 0 Å². The molecule has 4 aromatic carbocycles. The molecule has 6 nitrogen and oxygen atoms in total. The molecule has 0 radical (unpaired) electrons. The minimum atomic E-state index is -4.69. The Hall–Kier alpha value is -2.78. The van der Waals surface area contributed by atoms with Crippen LogP contribution in [0.2, 0.25) is 0 Å². The average Bonchev–Trinajstić information content (AvgIpc) is 2.72. The summed E-state index contributed by atoms with van der Waals surface area (Å²) in [6.45, 7) is 0. The fourth-order valence-electron chi connectivity index (χ4n) is 3.71. The number of pyridine rings is 1. The van der Waals surface area contributed by atoms with Crippen LogP contribution in [0, 0.1) is 10.2 Å². The molecule has 0 saturated carbocycles. The molecule has 0 fully saturated rings. The summed E-state index contributed by atoms with van der Waals surface area (Å²) in [6, 6.07) is 27.2. The third kappa shape index (κ3) is 4.62. The Kier molecular flexibility index (Phi) is 5.81. The monoisotopic (exact) mass is 498 g/mol. The average molecular weight is 500 g/mol. The first kappa shape index (κ1) is 21.5. The number of nitrogens with two attached hydrogens (primary N) is 1. The van der Waals surface area contributed by atoms with Crippen molar-refractivity contribution >= 4 is 54.2 Å². The zero-order valence-corrected chi connectivity index (χ0v) is 18.3. The molecule has 1 aromatic heterocycles. The number of rotatable bonds is 1. The van der Waals surface area contributed by atoms with Crippen molar-refractivity contribution in [1.82, 2.24) is 4.98 Å². The van der Waals surface area contributed by atoms with E-state index < -0.39 is 10.2 Å². The Labute approximate surface area is 188 Å². The fourth-order valence-corrected chi connectivity index (χ4v) is 4.11. The zero-order valence-electron chi connectivity index (χ0n) is 16.0. The van der Waals surface area contributed by atoms with Gasteiger partial charge in [0.2, 0.25) is 0 Å². The van der Waals surface area contributed by atoms with Gasteiger partial charge < -0.3 is 5.73 Å². The van der Waals surface area contributed by atoms with Gasteiger partial charge in [0.05, 0.1) is 20.4 Å². The van der Waals surface area contributed by atoms with E-state index in [9.17, 15) is 0 Å². The fraction of sp³-hybridized carbons (Fsp3) is 0. The Bertz CT molecular complexity index is 1410. The van der Waals surface area contributed by atoms with Crippen LogP contribution in [-0.4, -0.2) is 9.64 Å². The zero-order chi connectivity index (χ0) is 22.2. The van der Waals surface area contributed by atoms with E-state index in [4.69, 9.17) is 29.4 Å². The van der Waals surface area contributed by atoms with Crippen LogP contribution in [0.15, 0.2) is 83.3 Å². The normalized spacial score (nSPS) is 11.5. The van der Waals surface area contributed by atoms with Crippen LogP contribution in [0.4, 0.5) is 5.82 Å². The van der Waals surface area contributed by atoms with Gasteiger partial charge in [-0.25, -0.2) is 4.98 Å². The second-order valence-electron chi connectivity index (χ2n) is 6.82. The highest BCUT2D eigenvalue weighted by Gasteiger charge is 2.14. The van der Waals surface area contributed by atoms with Crippen molar-refractivity contribution in [2.24, 2.45) is 0 Å². The number of fused-ring (bicyclic) bond motifs is 5. The Balaban J connectivity index is 0.000000418. The number of hydrogen-bond donors (Lipinski definition) is 2. The van der Waals surface area contributed by atoms with Crippen molar-refractivity contribution in [3.8, 4) is 11.1 Å². The summed E-state index contributed by atoms with van der Waals surface area (Å²) in [6.07, 6.45) is 0. The molecule has 5 aromatic rings. The summed E-state index contributed by atoms with van der Waals surface area (Å²) in [4.78, 5) is 4.81. The summed E-state index contributed by atoms with van der Waals surface area (Å²) >= 11 is 3.60. The lowest BCUT2D eigenvalue weighted by molar-refractivity contribution is -1.92. The van der Waals surface area contributed by atoms with Crippen molar-refractivity contribution in [1.29, 1.82) is 0 Å². The number of halogens is 2. The Morgan fingerprint density at radius 1 is 0.806 bits per heavy atom. The molecule has 31 heavy (non-hydrogen) atoms. The molecule has 0 aliphatic heterocycles. The van der Waals surface area contributed by atoms with Gasteiger partial charge >= 0.3 is 0 Å². The second kappa shape index (κ2) is 8.39. The molecule has 0 unspecified atom stereocenters. The van der Waals surface area contributed by atoms with E-state index in [2.05, 4.69) is 70.5 Å². The predicted molar refractivity (Wildman–Crippen MR) is 117 cm³/mol. The van der Waals surface area contributed by atoms with Gasteiger partial charge in [-0.15, -0.1) is 0 Å². The highest BCUT2D eigenvalue weighted by molar-refractivity contribution is 9.10. The van der Waals surface area contributed by atoms with E-state index in [1.54, 1.807) is 0 Å². The summed E-state index contributed by atoms with van der Waals surface area (Å²) < 4.78 is 33.8. The lowest BCUT2D eigenvalue weighted by atomic mass is 9.92. The Morgan fingerprint density at radius 3 is 2.10 bits per heavy atom. The first-order valence-electron chi connectivity index (χ1n) is 9.11. The van der Waals surface area contributed by atoms with E-state index in [1.165, 1.54) is 5.56 Å². The number of aromatic nitrogens is 1. The molecule has 0 saturated heterocycles. The first-order valence-corrected chi connectivity index (χ1v) is 11.2. The third-order valence-electron chi connectivity index (χ3n) is 4.86. The van der Waals surface area contributed by atoms with E-state index in [1.807, 2.05) is 24.3 Å². The molecule has 156 valence electrons. The maximum atomic E-state index is 8.60. The molecule has 3 N–H and O–H groups in total. The smallest absolute Gasteiger partial charge is 0.132 e. The van der Waals surface area contributed by atoms with Crippen LogP contribution in [0.25, 0.3) is 43.6 Å². The van der Waals surface area contributed by atoms with E-state index in [-0.39, 0.29) is 0 Å². The van der Waals surface area contributed by atoms with Crippen molar-refractivity contribution in [3.63, 3.8) is 0 Å². The summed E-state index contributed by atoms with van der Waals surface area (Å²) in [7, 11) is -4.69. The molecular weight excluding hydrogens is 484 g/mol. The van der Waals surface area contributed by atoms with E-state index in [0.717, 1.165) is 42.5 Å². The maximum Gasteiger partial charge on any atom is 0.132 e. The van der Waals surface area contributed by atoms with E-state index in [0.29, 0.717) is 5.82 Å². The Morgan fingerprint density at radius 2 is 1.42 bits per heavy atom. The molecule has 1 heterocycles. The molecular formula is C23H16BrClN2O4. The van der Waals surface area contributed by atoms with Gasteiger partial charge in [-0.2, -0.15) is 14.0 Å². The highest BCUT2D eigenvalue weighted by Crippen LogP contribution is 2.39. The molecule has 0 amide bonds. The van der Waals surface area contributed by atoms with Crippen LogP contribution in [0.5, 0.6) is 0 Å². The maximum absolute atomic E-state index is 8.60. The molecule has 0 spiro atoms. The van der Waals surface area contributed by atoms with Crippen LogP contribution in [-0.2, 0) is 0 Å². The minimum Gasteiger partial charge on any atom is -0.383 e. The lowest BCUT2D eigenvalue weighted by Crippen LogP contribution is -2.58. The number of nitrogen functional groups attached to an aromatic ring is 1. The SMILES string of the molecule is Nc1nc2c3ccccc3cc(-c3cccc(Br)c3)c2c2ccccc12.[O-][Cl+3]([O-])([O-])O. The second-order valence-corrected chi connectivity index (χ2v) is 8.53. The number of anilines is 1. The van der Waals surface area contributed by atoms with Gasteiger partial charge in [-0.1, -0.05) is 76.6 Å². The molecule has 5 rings (SSSR count). The molecule has 8 heteroatoms. The quantitative estimate of drug-likeness (QED) is 0.341. The van der Waals surface area contributed by atoms with Crippen molar-refractivity contribution in [2.45, 2.75) is 0 Å². The predicted octanol–water partition coefficient (Wildman–Crippen LogP) is 2.43. The highest BCUT2D eigenvalue weighted by atomic mass is 79.9. The first-order chi connectivity index (χ1) is 14.7. The summed E-state index contributed by atoms with van der Waals surface area (Å²) in [5.41, 5.74) is 9.59. The van der Waals surface area contributed by atoms with Gasteiger partial charge in [0.15, 0.2) is 0 Å². The van der Waals surface area contributed by atoms with E-state index >= 15 is 0 Å². The largest absolute Gasteiger partial charge is 0.383 e. The van der Waals surface area contributed by atoms with Crippen molar-refractivity contribution in [2.75, 3.05) is 5.73 Å². The number of hydrogen-bond acceptors (Lipinski definition) is 6. The van der Waals surface area contributed by atoms with Gasteiger partial charge in [-0.3, -0.25) is 0 Å². The summed E-state index contributed by atoms with van der Waals surface area (Å²) in [5, 5.41) is 5.56. The van der Waals surface area contributed by atoms with Gasteiger partial charge in [0.1, 0.15) is 5.82 Å². The van der Waals surface area contributed by atoms with Crippen LogP contribution in [0.3, 0.4) is 0 Å². The number of nitrogens with zero attached hydrogens (tertiary/aromatic N) is 1. The summed E-state index contributed by atoms with van der Waals surface area (Å²) in [5.74, 6) is 0.574. The standard InChI is InChI=1S/C23H15BrN2.ClHO4/c24-16-8-5-7-14(12-16)20-13-15-6-1-2-9-17(15)22-21(20)18-10-3-4-11-19(18)23(25)26-22;2-1(3,4)5/h1-13H,(H2,25,26);(H,2,3,4,5).